The lowest BCUT2D eigenvalue weighted by Crippen LogP contribution is -1.91. The molecule has 1 aromatic heterocycles. The fourth-order valence-electron chi connectivity index (χ4n) is 1.20. The second kappa shape index (κ2) is 4.49. The van der Waals surface area contributed by atoms with Crippen molar-refractivity contribution in [3.8, 4) is 11.6 Å². The lowest BCUT2D eigenvalue weighted by Gasteiger charge is -2.05. The number of rotatable bonds is 2. The number of ether oxygens (including phenoxy) is 1. The minimum absolute atomic E-state index is 0.0757. The first kappa shape index (κ1) is 10.9. The number of pyridine rings is 1. The summed E-state index contributed by atoms with van der Waals surface area (Å²) in [7, 11) is 0. The summed E-state index contributed by atoms with van der Waals surface area (Å²) in [5.41, 5.74) is 1.11. The topological polar surface area (TPSA) is 22.1 Å². The first-order chi connectivity index (χ1) is 7.65. The maximum Gasteiger partial charge on any atom is 0.255 e. The SMILES string of the molecule is Cc1ccc(Oc2ncc(Cl)cc2F)cc1. The molecule has 2 aromatic rings. The maximum absolute atomic E-state index is 13.3. The van der Waals surface area contributed by atoms with Gasteiger partial charge in [-0.1, -0.05) is 29.3 Å². The van der Waals surface area contributed by atoms with E-state index in [0.717, 1.165) is 11.6 Å². The summed E-state index contributed by atoms with van der Waals surface area (Å²) in [6.45, 7) is 1.96. The van der Waals surface area contributed by atoms with Crippen molar-refractivity contribution in [3.05, 3.63) is 52.9 Å². The average Bonchev–Trinajstić information content (AvgIpc) is 2.25. The Balaban J connectivity index is 2.23. The van der Waals surface area contributed by atoms with E-state index < -0.39 is 5.82 Å². The van der Waals surface area contributed by atoms with Gasteiger partial charge in [0.15, 0.2) is 5.82 Å². The van der Waals surface area contributed by atoms with Crippen LogP contribution >= 0.6 is 11.6 Å². The molecule has 1 heterocycles. The van der Waals surface area contributed by atoms with Crippen molar-refractivity contribution in [2.24, 2.45) is 0 Å². The highest BCUT2D eigenvalue weighted by Gasteiger charge is 2.06. The third-order valence-corrected chi connectivity index (χ3v) is 2.22. The third-order valence-electron chi connectivity index (χ3n) is 2.01. The minimum atomic E-state index is -0.576. The number of hydrogen-bond donors (Lipinski definition) is 0. The maximum atomic E-state index is 13.3. The molecule has 1 aromatic carbocycles. The van der Waals surface area contributed by atoms with Crippen LogP contribution in [0.3, 0.4) is 0 Å². The molecule has 0 N–H and O–H groups in total. The number of hydrogen-bond acceptors (Lipinski definition) is 2. The molecule has 16 heavy (non-hydrogen) atoms. The van der Waals surface area contributed by atoms with E-state index in [-0.39, 0.29) is 10.9 Å². The van der Waals surface area contributed by atoms with Crippen molar-refractivity contribution in [1.82, 2.24) is 4.98 Å². The lowest BCUT2D eigenvalue weighted by molar-refractivity contribution is 0.423. The molecule has 2 nitrogen and oxygen atoms in total. The molecule has 0 radical (unpaired) electrons. The van der Waals surface area contributed by atoms with E-state index in [1.807, 2.05) is 19.1 Å². The molecule has 0 saturated heterocycles. The molecule has 0 aliphatic rings. The van der Waals surface area contributed by atoms with Gasteiger partial charge in [0, 0.05) is 6.20 Å². The van der Waals surface area contributed by atoms with Crippen LogP contribution in [0.25, 0.3) is 0 Å². The summed E-state index contributed by atoms with van der Waals surface area (Å²) in [5.74, 6) is -0.111. The van der Waals surface area contributed by atoms with Gasteiger partial charge in [0.05, 0.1) is 5.02 Å². The van der Waals surface area contributed by atoms with Crippen LogP contribution in [0.2, 0.25) is 5.02 Å². The summed E-state index contributed by atoms with van der Waals surface area (Å²) < 4.78 is 18.6. The van der Waals surface area contributed by atoms with Crippen molar-refractivity contribution in [3.63, 3.8) is 0 Å². The molecule has 82 valence electrons. The van der Waals surface area contributed by atoms with Gasteiger partial charge in [-0.25, -0.2) is 9.37 Å². The second-order valence-corrected chi connectivity index (χ2v) is 3.79. The van der Waals surface area contributed by atoms with Gasteiger partial charge < -0.3 is 4.74 Å². The van der Waals surface area contributed by atoms with Crippen LogP contribution in [0.4, 0.5) is 4.39 Å². The molecule has 0 unspecified atom stereocenters. The van der Waals surface area contributed by atoms with Crippen molar-refractivity contribution >= 4 is 11.6 Å². The quantitative estimate of drug-likeness (QED) is 0.788. The van der Waals surface area contributed by atoms with Crippen LogP contribution in [0.5, 0.6) is 11.6 Å². The highest BCUT2D eigenvalue weighted by molar-refractivity contribution is 6.30. The van der Waals surface area contributed by atoms with Crippen molar-refractivity contribution in [2.75, 3.05) is 0 Å². The monoisotopic (exact) mass is 237 g/mol. The van der Waals surface area contributed by atoms with E-state index >= 15 is 0 Å². The largest absolute Gasteiger partial charge is 0.436 e. The van der Waals surface area contributed by atoms with E-state index in [1.54, 1.807) is 12.1 Å². The van der Waals surface area contributed by atoms with Gasteiger partial charge in [-0.15, -0.1) is 0 Å². The van der Waals surface area contributed by atoms with Gasteiger partial charge in [-0.3, -0.25) is 0 Å². The standard InChI is InChI=1S/C12H9ClFNO/c1-8-2-4-10(5-3-8)16-12-11(14)6-9(13)7-15-12/h2-7H,1H3. The predicted molar refractivity (Wildman–Crippen MR) is 60.5 cm³/mol. The van der Waals surface area contributed by atoms with E-state index in [4.69, 9.17) is 16.3 Å². The molecule has 4 heteroatoms. The summed E-state index contributed by atoms with van der Waals surface area (Å²) >= 11 is 5.58. The zero-order chi connectivity index (χ0) is 11.5. The van der Waals surface area contributed by atoms with E-state index in [0.29, 0.717) is 5.75 Å². The van der Waals surface area contributed by atoms with Crippen LogP contribution in [0, 0.1) is 12.7 Å². The zero-order valence-electron chi connectivity index (χ0n) is 8.58. The van der Waals surface area contributed by atoms with Crippen molar-refractivity contribution < 1.29 is 9.13 Å². The number of nitrogens with zero attached hydrogens (tertiary/aromatic N) is 1. The second-order valence-electron chi connectivity index (χ2n) is 3.36. The van der Waals surface area contributed by atoms with Gasteiger partial charge in [-0.2, -0.15) is 0 Å². The van der Waals surface area contributed by atoms with Gasteiger partial charge in [0.25, 0.3) is 5.88 Å². The fourth-order valence-corrected chi connectivity index (χ4v) is 1.34. The Morgan fingerprint density at radius 2 is 1.94 bits per heavy atom. The normalized spacial score (nSPS) is 10.2. The van der Waals surface area contributed by atoms with Crippen LogP contribution in [0.15, 0.2) is 36.5 Å². The number of aromatic nitrogens is 1. The van der Waals surface area contributed by atoms with Crippen molar-refractivity contribution in [1.29, 1.82) is 0 Å². The molecular weight excluding hydrogens is 229 g/mol. The summed E-state index contributed by atoms with van der Waals surface area (Å²) in [6, 6.07) is 8.43. The summed E-state index contributed by atoms with van der Waals surface area (Å²) in [4.78, 5) is 3.77. The highest BCUT2D eigenvalue weighted by atomic mass is 35.5. The Labute approximate surface area is 97.7 Å². The van der Waals surface area contributed by atoms with Gasteiger partial charge in [0.2, 0.25) is 0 Å². The Bertz CT molecular complexity index is 499. The third kappa shape index (κ3) is 2.49. The first-order valence-corrected chi connectivity index (χ1v) is 5.08. The summed E-state index contributed by atoms with van der Waals surface area (Å²) in [5, 5.41) is 0.244. The van der Waals surface area contributed by atoms with Gasteiger partial charge in [-0.05, 0) is 25.1 Å². The molecular formula is C12H9ClFNO. The van der Waals surface area contributed by atoms with Gasteiger partial charge >= 0.3 is 0 Å². The molecule has 0 amide bonds. The molecule has 0 aliphatic carbocycles. The molecule has 0 fully saturated rings. The Kier molecular flexibility index (Phi) is 3.06. The smallest absolute Gasteiger partial charge is 0.255 e. The van der Waals surface area contributed by atoms with Crippen molar-refractivity contribution in [2.45, 2.75) is 6.92 Å². The first-order valence-electron chi connectivity index (χ1n) is 4.71. The Morgan fingerprint density at radius 1 is 1.25 bits per heavy atom. The molecule has 0 aliphatic heterocycles. The zero-order valence-corrected chi connectivity index (χ0v) is 9.33. The van der Waals surface area contributed by atoms with Crippen LogP contribution in [-0.4, -0.2) is 4.98 Å². The molecule has 0 atom stereocenters. The van der Waals surface area contributed by atoms with Crippen LogP contribution < -0.4 is 4.74 Å². The highest BCUT2D eigenvalue weighted by Crippen LogP contribution is 2.23. The van der Waals surface area contributed by atoms with Gasteiger partial charge in [0.1, 0.15) is 5.75 Å². The Morgan fingerprint density at radius 3 is 2.56 bits per heavy atom. The Hall–Kier alpha value is -1.61. The lowest BCUT2D eigenvalue weighted by atomic mass is 10.2. The summed E-state index contributed by atoms with van der Waals surface area (Å²) in [6.07, 6.45) is 1.34. The van der Waals surface area contributed by atoms with Crippen LogP contribution in [-0.2, 0) is 0 Å². The molecule has 0 bridgehead atoms. The number of benzene rings is 1. The van der Waals surface area contributed by atoms with E-state index in [9.17, 15) is 4.39 Å². The fraction of sp³-hybridized carbons (Fsp3) is 0.0833. The number of aryl methyl sites for hydroxylation is 1. The minimum Gasteiger partial charge on any atom is -0.436 e. The average molecular weight is 238 g/mol. The van der Waals surface area contributed by atoms with Crippen LogP contribution in [0.1, 0.15) is 5.56 Å². The number of halogens is 2. The van der Waals surface area contributed by atoms with E-state index in [1.165, 1.54) is 6.20 Å². The molecule has 0 saturated carbocycles. The van der Waals surface area contributed by atoms with E-state index in [2.05, 4.69) is 4.98 Å². The molecule has 2 rings (SSSR count). The molecule has 0 spiro atoms. The predicted octanol–water partition coefficient (Wildman–Crippen LogP) is 3.97.